The number of aliphatic hydroxyl groups is 2. The molecule has 1 atom stereocenters. The Morgan fingerprint density at radius 1 is 1.36 bits per heavy atom. The van der Waals surface area contributed by atoms with Gasteiger partial charge in [-0.3, -0.25) is 4.98 Å². The van der Waals surface area contributed by atoms with Crippen LogP contribution in [0.1, 0.15) is 17.6 Å². The van der Waals surface area contributed by atoms with Crippen LogP contribution in [-0.4, -0.2) is 36.1 Å². The fourth-order valence-electron chi connectivity index (χ4n) is 1.89. The zero-order valence-corrected chi connectivity index (χ0v) is 15.5. The van der Waals surface area contributed by atoms with Crippen molar-refractivity contribution in [1.29, 1.82) is 0 Å². The van der Waals surface area contributed by atoms with Gasteiger partial charge in [-0.15, -0.1) is 0 Å². The van der Waals surface area contributed by atoms with Crippen molar-refractivity contribution in [2.24, 2.45) is 0 Å². The van der Waals surface area contributed by atoms with Crippen LogP contribution in [0.25, 0.3) is 0 Å². The predicted molar refractivity (Wildman–Crippen MR) is 96.2 cm³/mol. The number of ether oxygens (including phenoxy) is 1. The van der Waals surface area contributed by atoms with Crippen LogP contribution in [0.5, 0.6) is 11.5 Å². The molecule has 0 aliphatic carbocycles. The van der Waals surface area contributed by atoms with Crippen molar-refractivity contribution in [3.8, 4) is 11.5 Å². The average Bonchev–Trinajstić information content (AvgIpc) is 3.07. The van der Waals surface area contributed by atoms with Gasteiger partial charge in [0.25, 0.3) is 0 Å². The van der Waals surface area contributed by atoms with Crippen LogP contribution in [0, 0.1) is 6.92 Å². The zero-order chi connectivity index (χ0) is 17.8. The highest BCUT2D eigenvalue weighted by Gasteiger charge is 2.15. The smallest absolute Gasteiger partial charge is 0.208 e. The third kappa shape index (κ3) is 4.28. The molecule has 0 aromatic carbocycles. The van der Waals surface area contributed by atoms with Crippen molar-refractivity contribution >= 4 is 38.4 Å². The predicted octanol–water partition coefficient (Wildman–Crippen LogP) is 2.96. The first-order valence-corrected chi connectivity index (χ1v) is 8.78. The lowest BCUT2D eigenvalue weighted by Gasteiger charge is -2.12. The molecule has 0 aliphatic heterocycles. The average molecular weight is 424 g/mol. The van der Waals surface area contributed by atoms with Crippen LogP contribution in [-0.2, 0) is 0 Å². The maximum absolute atomic E-state index is 9.58. The van der Waals surface area contributed by atoms with E-state index in [0.29, 0.717) is 22.4 Å². The molecule has 3 aromatic rings. The van der Waals surface area contributed by atoms with E-state index in [4.69, 9.17) is 9.84 Å². The van der Waals surface area contributed by atoms with Crippen molar-refractivity contribution in [2.45, 2.75) is 13.0 Å². The van der Waals surface area contributed by atoms with E-state index >= 15 is 0 Å². The number of hydrogen-bond acceptors (Lipinski definition) is 9. The molecule has 3 heterocycles. The Balaban J connectivity index is 1.86. The molecule has 0 saturated carbocycles. The van der Waals surface area contributed by atoms with Crippen molar-refractivity contribution in [1.82, 2.24) is 19.3 Å². The summed E-state index contributed by atoms with van der Waals surface area (Å²) in [4.78, 5) is 12.6. The molecule has 0 spiro atoms. The second-order valence-corrected chi connectivity index (χ2v) is 6.64. The minimum Gasteiger partial charge on any atom is -0.452 e. The fraction of sp³-hybridized carbons (Fsp3) is 0.200. The summed E-state index contributed by atoms with van der Waals surface area (Å²) in [6.07, 6.45) is 2.20. The molecule has 0 fully saturated rings. The van der Waals surface area contributed by atoms with Gasteiger partial charge in [-0.25, -0.2) is 9.97 Å². The summed E-state index contributed by atoms with van der Waals surface area (Å²) in [6, 6.07) is 5.37. The third-order valence-corrected chi connectivity index (χ3v) is 4.21. The summed E-state index contributed by atoms with van der Waals surface area (Å²) >= 11 is 4.42. The van der Waals surface area contributed by atoms with Crippen molar-refractivity contribution in [3.63, 3.8) is 0 Å². The Morgan fingerprint density at radius 3 is 2.96 bits per heavy atom. The molecule has 0 unspecified atom stereocenters. The van der Waals surface area contributed by atoms with E-state index < -0.39 is 12.7 Å². The number of rotatable bonds is 6. The van der Waals surface area contributed by atoms with Crippen LogP contribution in [0.15, 0.2) is 35.1 Å². The quantitative estimate of drug-likeness (QED) is 0.554. The summed E-state index contributed by atoms with van der Waals surface area (Å²) < 4.78 is 10.7. The molecule has 3 aromatic heterocycles. The molecule has 130 valence electrons. The summed E-state index contributed by atoms with van der Waals surface area (Å²) in [5.74, 6) is 1.68. The number of pyridine rings is 2. The number of aromatic nitrogens is 4. The Bertz CT molecular complexity index is 876. The summed E-state index contributed by atoms with van der Waals surface area (Å²) in [7, 11) is 0. The van der Waals surface area contributed by atoms with Gasteiger partial charge in [0.05, 0.1) is 12.3 Å². The van der Waals surface area contributed by atoms with E-state index in [2.05, 4.69) is 40.6 Å². The van der Waals surface area contributed by atoms with Gasteiger partial charge in [-0.2, -0.15) is 4.37 Å². The first-order chi connectivity index (χ1) is 12.1. The highest BCUT2D eigenvalue weighted by molar-refractivity contribution is 9.10. The van der Waals surface area contributed by atoms with E-state index in [1.54, 1.807) is 24.5 Å². The molecule has 0 saturated heterocycles. The molecule has 0 amide bonds. The van der Waals surface area contributed by atoms with Crippen LogP contribution in [0.2, 0.25) is 0 Å². The number of aliphatic hydroxyl groups excluding tert-OH is 2. The molecule has 0 bridgehead atoms. The van der Waals surface area contributed by atoms with E-state index in [0.717, 1.165) is 21.7 Å². The monoisotopic (exact) mass is 423 g/mol. The van der Waals surface area contributed by atoms with Gasteiger partial charge in [-0.1, -0.05) is 0 Å². The van der Waals surface area contributed by atoms with Crippen molar-refractivity contribution in [2.75, 3.05) is 11.9 Å². The Hall–Kier alpha value is -2.14. The number of nitrogens with zero attached hydrogens (tertiary/aromatic N) is 4. The maximum Gasteiger partial charge on any atom is 0.208 e. The molecule has 3 rings (SSSR count). The van der Waals surface area contributed by atoms with Crippen molar-refractivity contribution in [3.05, 3.63) is 46.6 Å². The van der Waals surface area contributed by atoms with Crippen LogP contribution < -0.4 is 10.1 Å². The SMILES string of the molecule is Cc1ncccc1Oc1cc(Br)cnc1Nc1nc([C@@H](O)CO)ns1. The van der Waals surface area contributed by atoms with Crippen molar-refractivity contribution < 1.29 is 14.9 Å². The summed E-state index contributed by atoms with van der Waals surface area (Å²) in [5, 5.41) is 22.0. The topological polar surface area (TPSA) is 113 Å². The van der Waals surface area contributed by atoms with Crippen LogP contribution in [0.3, 0.4) is 0 Å². The van der Waals surface area contributed by atoms with E-state index in [1.165, 1.54) is 0 Å². The van der Waals surface area contributed by atoms with E-state index in [1.807, 2.05) is 13.0 Å². The Morgan fingerprint density at radius 2 is 2.20 bits per heavy atom. The Kier molecular flexibility index (Phi) is 5.53. The first-order valence-electron chi connectivity index (χ1n) is 7.21. The number of halogens is 1. The zero-order valence-electron chi connectivity index (χ0n) is 13.0. The molecule has 10 heteroatoms. The number of anilines is 2. The van der Waals surface area contributed by atoms with Gasteiger partial charge >= 0.3 is 0 Å². The lowest BCUT2D eigenvalue weighted by atomic mass is 10.3. The molecule has 3 N–H and O–H groups in total. The van der Waals surface area contributed by atoms with Gasteiger partial charge in [0.1, 0.15) is 11.9 Å². The number of aryl methyl sites for hydroxylation is 1. The summed E-state index contributed by atoms with van der Waals surface area (Å²) in [5.41, 5.74) is 0.748. The second kappa shape index (κ2) is 7.83. The molecular weight excluding hydrogens is 410 g/mol. The van der Waals surface area contributed by atoms with Gasteiger partial charge in [0.15, 0.2) is 17.4 Å². The van der Waals surface area contributed by atoms with E-state index in [9.17, 15) is 5.11 Å². The normalized spacial score (nSPS) is 12.0. The highest BCUT2D eigenvalue weighted by atomic mass is 79.9. The summed E-state index contributed by atoms with van der Waals surface area (Å²) in [6.45, 7) is 1.41. The number of nitrogens with one attached hydrogen (secondary N) is 1. The first kappa shape index (κ1) is 17.7. The number of hydrogen-bond donors (Lipinski definition) is 3. The van der Waals surface area contributed by atoms with Gasteiger partial charge in [0, 0.05) is 34.5 Å². The minimum atomic E-state index is -1.11. The molecular formula is C15H14BrN5O3S. The van der Waals surface area contributed by atoms with Gasteiger partial charge < -0.3 is 20.3 Å². The highest BCUT2D eigenvalue weighted by Crippen LogP contribution is 2.33. The maximum atomic E-state index is 9.58. The Labute approximate surface area is 155 Å². The molecule has 0 radical (unpaired) electrons. The second-order valence-electron chi connectivity index (χ2n) is 4.97. The minimum absolute atomic E-state index is 0.151. The fourth-order valence-corrected chi connectivity index (χ4v) is 2.82. The molecule has 25 heavy (non-hydrogen) atoms. The molecule has 0 aliphatic rings. The largest absolute Gasteiger partial charge is 0.452 e. The van der Waals surface area contributed by atoms with Crippen LogP contribution in [0.4, 0.5) is 10.9 Å². The van der Waals surface area contributed by atoms with Gasteiger partial charge in [-0.05, 0) is 35.0 Å². The standard InChI is InChI=1S/C15H14BrN5O3S/c1-8-11(3-2-4-17-8)24-12-5-9(16)6-18-14(12)20-15-19-13(21-25-15)10(23)7-22/h2-6,10,22-23H,7H2,1H3,(H,18,19,20,21)/t10-/m0/s1. The van der Waals surface area contributed by atoms with Crippen LogP contribution >= 0.6 is 27.5 Å². The van der Waals surface area contributed by atoms with E-state index in [-0.39, 0.29) is 5.82 Å². The lowest BCUT2D eigenvalue weighted by Crippen LogP contribution is -2.04. The molecule has 8 nitrogen and oxygen atoms in total. The van der Waals surface area contributed by atoms with Gasteiger partial charge in [0.2, 0.25) is 5.13 Å². The lowest BCUT2D eigenvalue weighted by molar-refractivity contribution is 0.0897. The third-order valence-electron chi connectivity index (χ3n) is 3.14.